The zero-order valence-electron chi connectivity index (χ0n) is 13.9. The third kappa shape index (κ3) is 4.61. The van der Waals surface area contributed by atoms with E-state index in [-0.39, 0.29) is 13.2 Å². The van der Waals surface area contributed by atoms with Crippen LogP contribution >= 0.6 is 0 Å². The predicted molar refractivity (Wildman–Crippen MR) is 86.3 cm³/mol. The van der Waals surface area contributed by atoms with Crippen molar-refractivity contribution >= 4 is 11.8 Å². The Balaban J connectivity index is 3.08. The van der Waals surface area contributed by atoms with Crippen LogP contribution in [0.1, 0.15) is 33.3 Å². The number of carbonyl (C=O) groups is 1. The van der Waals surface area contributed by atoms with Gasteiger partial charge < -0.3 is 20.3 Å². The van der Waals surface area contributed by atoms with E-state index in [0.29, 0.717) is 11.4 Å². The van der Waals surface area contributed by atoms with Crippen LogP contribution in [0.2, 0.25) is 0 Å². The molecule has 22 heavy (non-hydrogen) atoms. The van der Waals surface area contributed by atoms with Gasteiger partial charge in [-0.1, -0.05) is 6.92 Å². The van der Waals surface area contributed by atoms with Crippen LogP contribution in [0.3, 0.4) is 0 Å². The number of aliphatic hydroxyl groups is 1. The summed E-state index contributed by atoms with van der Waals surface area (Å²) in [6.07, 6.45) is -0.540. The number of hydrogen-bond acceptors (Lipinski definition) is 5. The largest absolute Gasteiger partial charge is 0.496 e. The fourth-order valence-electron chi connectivity index (χ4n) is 1.94. The van der Waals surface area contributed by atoms with Crippen molar-refractivity contribution in [2.45, 2.75) is 38.7 Å². The highest BCUT2D eigenvalue weighted by Gasteiger charge is 2.28. The van der Waals surface area contributed by atoms with E-state index in [0.717, 1.165) is 5.56 Å². The minimum absolute atomic E-state index is 0.129. The van der Waals surface area contributed by atoms with Crippen LogP contribution in [0.4, 0.5) is 10.5 Å². The quantitative estimate of drug-likeness (QED) is 0.775. The molecule has 6 heteroatoms. The molecule has 0 aromatic heterocycles. The van der Waals surface area contributed by atoms with Crippen molar-refractivity contribution in [1.29, 1.82) is 0 Å². The summed E-state index contributed by atoms with van der Waals surface area (Å²) >= 11 is 0. The second kappa shape index (κ2) is 6.98. The van der Waals surface area contributed by atoms with E-state index in [1.807, 2.05) is 6.92 Å². The Morgan fingerprint density at radius 3 is 2.41 bits per heavy atom. The molecule has 0 spiro atoms. The Morgan fingerprint density at radius 1 is 1.32 bits per heavy atom. The second-order valence-corrected chi connectivity index (χ2v) is 6.46. The maximum Gasteiger partial charge on any atom is 0.412 e. The van der Waals surface area contributed by atoms with Crippen LogP contribution in [0.15, 0.2) is 18.2 Å². The van der Waals surface area contributed by atoms with Crippen LogP contribution in [0.5, 0.6) is 5.75 Å². The van der Waals surface area contributed by atoms with Crippen molar-refractivity contribution in [3.8, 4) is 5.75 Å². The number of nitrogens with two attached hydrogens (primary N) is 1. The summed E-state index contributed by atoms with van der Waals surface area (Å²) in [5.74, 6) is 0.608. The van der Waals surface area contributed by atoms with Gasteiger partial charge in [-0.25, -0.2) is 4.79 Å². The molecular formula is C16H26N2O4. The van der Waals surface area contributed by atoms with Crippen molar-refractivity contribution in [1.82, 2.24) is 0 Å². The third-order valence-electron chi connectivity index (χ3n) is 3.29. The Labute approximate surface area is 131 Å². The predicted octanol–water partition coefficient (Wildman–Crippen LogP) is 2.25. The molecule has 0 aliphatic heterocycles. The zero-order valence-corrected chi connectivity index (χ0v) is 13.9. The average Bonchev–Trinajstić information content (AvgIpc) is 2.44. The van der Waals surface area contributed by atoms with Gasteiger partial charge in [-0.15, -0.1) is 0 Å². The van der Waals surface area contributed by atoms with Crippen molar-refractivity contribution in [2.24, 2.45) is 5.73 Å². The van der Waals surface area contributed by atoms with Gasteiger partial charge >= 0.3 is 6.09 Å². The van der Waals surface area contributed by atoms with Gasteiger partial charge in [0.05, 0.1) is 13.7 Å². The lowest BCUT2D eigenvalue weighted by Gasteiger charge is -2.28. The van der Waals surface area contributed by atoms with E-state index in [2.05, 4.69) is 5.32 Å². The monoisotopic (exact) mass is 310 g/mol. The number of methoxy groups -OCH3 is 1. The molecule has 1 aromatic carbocycles. The van der Waals surface area contributed by atoms with Gasteiger partial charge in [0.1, 0.15) is 11.4 Å². The van der Waals surface area contributed by atoms with E-state index in [9.17, 15) is 9.90 Å². The van der Waals surface area contributed by atoms with E-state index in [1.54, 1.807) is 46.1 Å². The molecule has 1 unspecified atom stereocenters. The summed E-state index contributed by atoms with van der Waals surface area (Å²) in [6.45, 7) is 7.34. The maximum absolute atomic E-state index is 11.8. The van der Waals surface area contributed by atoms with Crippen LogP contribution in [0, 0.1) is 0 Å². The van der Waals surface area contributed by atoms with Crippen molar-refractivity contribution in [3.63, 3.8) is 0 Å². The summed E-state index contributed by atoms with van der Waals surface area (Å²) in [5, 5.41) is 12.3. The molecule has 6 nitrogen and oxygen atoms in total. The molecule has 124 valence electrons. The normalized spacial score (nSPS) is 14.1. The van der Waals surface area contributed by atoms with Crippen LogP contribution in [-0.4, -0.2) is 37.1 Å². The lowest BCUT2D eigenvalue weighted by molar-refractivity contribution is 0.0636. The number of rotatable bonds is 5. The van der Waals surface area contributed by atoms with Gasteiger partial charge in [-0.05, 0) is 39.0 Å². The molecule has 0 radical (unpaired) electrons. The van der Waals surface area contributed by atoms with Crippen LogP contribution in [0.25, 0.3) is 0 Å². The van der Waals surface area contributed by atoms with Gasteiger partial charge in [0.25, 0.3) is 0 Å². The lowest BCUT2D eigenvalue weighted by Crippen LogP contribution is -2.36. The smallest absolute Gasteiger partial charge is 0.412 e. The van der Waals surface area contributed by atoms with Gasteiger partial charge in [0.2, 0.25) is 0 Å². The molecule has 0 saturated heterocycles. The molecule has 0 saturated carbocycles. The van der Waals surface area contributed by atoms with Gasteiger partial charge in [0, 0.05) is 23.2 Å². The number of aliphatic hydroxyl groups excluding tert-OH is 1. The fourth-order valence-corrected chi connectivity index (χ4v) is 1.94. The number of anilines is 1. The Kier molecular flexibility index (Phi) is 5.79. The molecule has 1 rings (SSSR count). The first-order valence-corrected chi connectivity index (χ1v) is 7.14. The molecule has 0 heterocycles. The molecule has 0 fully saturated rings. The number of amides is 1. The molecule has 1 amide bonds. The van der Waals surface area contributed by atoms with Crippen molar-refractivity contribution in [2.75, 3.05) is 25.6 Å². The van der Waals surface area contributed by atoms with Crippen LogP contribution in [-0.2, 0) is 10.2 Å². The van der Waals surface area contributed by atoms with E-state index < -0.39 is 17.1 Å². The van der Waals surface area contributed by atoms with Crippen molar-refractivity contribution in [3.05, 3.63) is 23.8 Å². The Hall–Kier alpha value is -1.79. The number of benzene rings is 1. The number of carbonyl (C=O) groups excluding carboxylic acids is 1. The van der Waals surface area contributed by atoms with Crippen molar-refractivity contribution < 1.29 is 19.4 Å². The molecule has 4 N–H and O–H groups in total. The van der Waals surface area contributed by atoms with E-state index in [1.165, 1.54) is 0 Å². The molecule has 0 bridgehead atoms. The summed E-state index contributed by atoms with van der Waals surface area (Å²) in [5.41, 5.74) is 5.84. The summed E-state index contributed by atoms with van der Waals surface area (Å²) in [6, 6.07) is 5.18. The zero-order chi connectivity index (χ0) is 17.0. The first-order chi connectivity index (χ1) is 10.1. The fraction of sp³-hybridized carbons (Fsp3) is 0.562. The average molecular weight is 310 g/mol. The molecule has 1 atom stereocenters. The highest BCUT2D eigenvalue weighted by Crippen LogP contribution is 2.33. The SMILES string of the molecule is COc1ccc(NC(=O)OC(C)(C)C)cc1C(C)(CN)CO. The van der Waals surface area contributed by atoms with Crippen LogP contribution < -0.4 is 15.8 Å². The minimum Gasteiger partial charge on any atom is -0.496 e. The molecule has 1 aromatic rings. The van der Waals surface area contributed by atoms with Gasteiger partial charge in [-0.3, -0.25) is 5.32 Å². The van der Waals surface area contributed by atoms with E-state index >= 15 is 0 Å². The third-order valence-corrected chi connectivity index (χ3v) is 3.29. The summed E-state index contributed by atoms with van der Waals surface area (Å²) in [4.78, 5) is 11.8. The number of ether oxygens (including phenoxy) is 2. The highest BCUT2D eigenvalue weighted by molar-refractivity contribution is 5.85. The second-order valence-electron chi connectivity index (χ2n) is 6.46. The maximum atomic E-state index is 11.8. The highest BCUT2D eigenvalue weighted by atomic mass is 16.6. The Bertz CT molecular complexity index is 519. The number of hydrogen-bond donors (Lipinski definition) is 3. The first kappa shape index (κ1) is 18.3. The summed E-state index contributed by atoms with van der Waals surface area (Å²) in [7, 11) is 1.55. The molecule has 0 aliphatic carbocycles. The number of nitrogens with one attached hydrogen (secondary N) is 1. The molecule has 0 aliphatic rings. The molecular weight excluding hydrogens is 284 g/mol. The minimum atomic E-state index is -0.656. The van der Waals surface area contributed by atoms with E-state index in [4.69, 9.17) is 15.2 Å². The summed E-state index contributed by atoms with van der Waals surface area (Å²) < 4.78 is 10.5. The topological polar surface area (TPSA) is 93.8 Å². The lowest BCUT2D eigenvalue weighted by atomic mass is 9.82. The Morgan fingerprint density at radius 2 is 1.95 bits per heavy atom. The standard InChI is InChI=1S/C16H26N2O4/c1-15(2,3)22-14(20)18-11-6-7-13(21-5)12(8-11)16(4,9-17)10-19/h6-8,19H,9-10,17H2,1-5H3,(H,18,20). The van der Waals surface area contributed by atoms with Gasteiger partial charge in [0.15, 0.2) is 0 Å². The van der Waals surface area contributed by atoms with Gasteiger partial charge in [-0.2, -0.15) is 0 Å². The first-order valence-electron chi connectivity index (χ1n) is 7.14.